The molecule has 17 heavy (non-hydrogen) atoms. The van der Waals surface area contributed by atoms with Gasteiger partial charge in [0.15, 0.2) is 0 Å². The highest BCUT2D eigenvalue weighted by Crippen LogP contribution is 2.35. The average molecular weight is 229 g/mol. The normalized spacial score (nSPS) is 18.8. The Balaban J connectivity index is 2.19. The molecule has 0 saturated heterocycles. The van der Waals surface area contributed by atoms with E-state index in [1.165, 1.54) is 0 Å². The molecule has 0 saturated carbocycles. The van der Waals surface area contributed by atoms with Crippen LogP contribution in [0.15, 0.2) is 12.1 Å². The summed E-state index contributed by atoms with van der Waals surface area (Å²) < 4.78 is 0. The first-order chi connectivity index (χ1) is 8.06. The van der Waals surface area contributed by atoms with Crippen molar-refractivity contribution in [3.8, 4) is 0 Å². The number of aromatic nitrogens is 2. The highest BCUT2D eigenvalue weighted by atomic mass is 16.2. The number of amides is 1. The van der Waals surface area contributed by atoms with Crippen LogP contribution in [0.2, 0.25) is 0 Å². The van der Waals surface area contributed by atoms with Gasteiger partial charge in [-0.05, 0) is 24.6 Å². The van der Waals surface area contributed by atoms with Crippen molar-refractivity contribution in [3.05, 3.63) is 23.5 Å². The summed E-state index contributed by atoms with van der Waals surface area (Å²) in [6.45, 7) is 6.14. The number of carbonyl (C=O) groups is 1. The van der Waals surface area contributed by atoms with Crippen molar-refractivity contribution < 1.29 is 4.79 Å². The van der Waals surface area contributed by atoms with Gasteiger partial charge < -0.3 is 10.3 Å². The highest BCUT2D eigenvalue weighted by Gasteiger charge is 2.27. The summed E-state index contributed by atoms with van der Waals surface area (Å²) in [5.41, 5.74) is 3.89. The number of nitrogens with one attached hydrogen (secondary N) is 2. The Kier molecular flexibility index (Phi) is 2.02. The van der Waals surface area contributed by atoms with E-state index in [2.05, 4.69) is 29.1 Å². The molecule has 0 fully saturated rings. The van der Waals surface area contributed by atoms with Gasteiger partial charge in [-0.15, -0.1) is 0 Å². The lowest BCUT2D eigenvalue weighted by molar-refractivity contribution is -0.116. The van der Waals surface area contributed by atoms with Gasteiger partial charge in [-0.3, -0.25) is 4.79 Å². The third kappa shape index (κ3) is 1.44. The van der Waals surface area contributed by atoms with E-state index in [0.717, 1.165) is 28.1 Å². The molecule has 2 heterocycles. The third-order valence-electron chi connectivity index (χ3n) is 3.34. The SMILES string of the molecule is CC(C)c1nc2cc3c(cc2[nH]1)C(C)C(=O)N3. The molecule has 0 bridgehead atoms. The minimum Gasteiger partial charge on any atom is -0.342 e. The molecule has 2 N–H and O–H groups in total. The first kappa shape index (κ1) is 10.3. The number of carbonyl (C=O) groups excluding carboxylic acids is 1. The van der Waals surface area contributed by atoms with E-state index in [4.69, 9.17) is 0 Å². The molecule has 1 aromatic heterocycles. The van der Waals surface area contributed by atoms with Crippen LogP contribution in [-0.4, -0.2) is 15.9 Å². The van der Waals surface area contributed by atoms with Gasteiger partial charge in [0.05, 0.1) is 17.0 Å². The maximum Gasteiger partial charge on any atom is 0.231 e. The predicted octanol–water partition coefficient (Wildman–Crippen LogP) is 2.74. The van der Waals surface area contributed by atoms with Gasteiger partial charge in [-0.25, -0.2) is 4.98 Å². The zero-order valence-corrected chi connectivity index (χ0v) is 10.2. The number of imidazole rings is 1. The predicted molar refractivity (Wildman–Crippen MR) is 67.2 cm³/mol. The molecule has 0 aliphatic carbocycles. The Hall–Kier alpha value is -1.84. The second-order valence-electron chi connectivity index (χ2n) is 4.94. The van der Waals surface area contributed by atoms with Crippen molar-refractivity contribution in [2.24, 2.45) is 0 Å². The van der Waals surface area contributed by atoms with Crippen LogP contribution in [0, 0.1) is 0 Å². The molecule has 1 aliphatic heterocycles. The fourth-order valence-electron chi connectivity index (χ4n) is 2.22. The van der Waals surface area contributed by atoms with Gasteiger partial charge in [0, 0.05) is 11.6 Å². The van der Waals surface area contributed by atoms with Gasteiger partial charge in [0.2, 0.25) is 5.91 Å². The van der Waals surface area contributed by atoms with Crippen molar-refractivity contribution in [2.75, 3.05) is 5.32 Å². The standard InChI is InChI=1S/C13H15N3O/c1-6(2)12-14-10-4-8-7(3)13(17)16-9(8)5-11(10)15-12/h4-7H,1-3H3,(H,14,15)(H,16,17). The highest BCUT2D eigenvalue weighted by molar-refractivity contribution is 6.04. The average Bonchev–Trinajstić information content (AvgIpc) is 2.79. The number of benzene rings is 1. The summed E-state index contributed by atoms with van der Waals surface area (Å²) in [5, 5.41) is 2.88. The molecule has 0 spiro atoms. The molecule has 2 aromatic rings. The largest absolute Gasteiger partial charge is 0.342 e. The van der Waals surface area contributed by atoms with E-state index in [1.807, 2.05) is 19.1 Å². The van der Waals surface area contributed by atoms with E-state index < -0.39 is 0 Å². The quantitative estimate of drug-likeness (QED) is 0.790. The Bertz CT molecular complexity index is 612. The minimum absolute atomic E-state index is 0.0664. The summed E-state index contributed by atoms with van der Waals surface area (Å²) >= 11 is 0. The van der Waals surface area contributed by atoms with Crippen molar-refractivity contribution in [1.29, 1.82) is 0 Å². The number of rotatable bonds is 1. The zero-order chi connectivity index (χ0) is 12.2. The topological polar surface area (TPSA) is 57.8 Å². The van der Waals surface area contributed by atoms with E-state index in [1.54, 1.807) is 0 Å². The number of hydrogen-bond acceptors (Lipinski definition) is 2. The maximum absolute atomic E-state index is 11.6. The lowest BCUT2D eigenvalue weighted by Crippen LogP contribution is -2.08. The smallest absolute Gasteiger partial charge is 0.231 e. The Morgan fingerprint density at radius 1 is 1.35 bits per heavy atom. The van der Waals surface area contributed by atoms with Crippen LogP contribution in [0.1, 0.15) is 44.0 Å². The first-order valence-electron chi connectivity index (χ1n) is 5.90. The molecular weight excluding hydrogens is 214 g/mol. The summed E-state index contributed by atoms with van der Waals surface area (Å²) in [4.78, 5) is 19.4. The van der Waals surface area contributed by atoms with Gasteiger partial charge in [-0.1, -0.05) is 13.8 Å². The van der Waals surface area contributed by atoms with E-state index in [-0.39, 0.29) is 11.8 Å². The van der Waals surface area contributed by atoms with Crippen LogP contribution in [0.4, 0.5) is 5.69 Å². The number of aromatic amines is 1. The van der Waals surface area contributed by atoms with Crippen molar-refractivity contribution in [2.45, 2.75) is 32.6 Å². The zero-order valence-electron chi connectivity index (χ0n) is 10.2. The Morgan fingerprint density at radius 3 is 2.82 bits per heavy atom. The lowest BCUT2D eigenvalue weighted by Gasteiger charge is -1.99. The van der Waals surface area contributed by atoms with E-state index >= 15 is 0 Å². The third-order valence-corrected chi connectivity index (χ3v) is 3.34. The number of anilines is 1. The minimum atomic E-state index is -0.0693. The fraction of sp³-hybridized carbons (Fsp3) is 0.385. The fourth-order valence-corrected chi connectivity index (χ4v) is 2.22. The first-order valence-corrected chi connectivity index (χ1v) is 5.90. The number of fused-ring (bicyclic) bond motifs is 2. The van der Waals surface area contributed by atoms with Gasteiger partial charge >= 0.3 is 0 Å². The van der Waals surface area contributed by atoms with Crippen LogP contribution in [0.25, 0.3) is 11.0 Å². The van der Waals surface area contributed by atoms with Crippen LogP contribution in [-0.2, 0) is 4.79 Å². The van der Waals surface area contributed by atoms with E-state index in [9.17, 15) is 4.79 Å². The molecule has 88 valence electrons. The van der Waals surface area contributed by atoms with Crippen LogP contribution >= 0.6 is 0 Å². The maximum atomic E-state index is 11.6. The molecule has 4 nitrogen and oxygen atoms in total. The Labute approximate surface area is 99.4 Å². The molecule has 1 aliphatic rings. The number of hydrogen-bond donors (Lipinski definition) is 2. The molecular formula is C13H15N3O. The second-order valence-corrected chi connectivity index (χ2v) is 4.94. The monoisotopic (exact) mass is 229 g/mol. The second kappa shape index (κ2) is 3.32. The molecule has 1 unspecified atom stereocenters. The van der Waals surface area contributed by atoms with E-state index in [0.29, 0.717) is 5.92 Å². The van der Waals surface area contributed by atoms with Gasteiger partial charge in [0.25, 0.3) is 0 Å². The summed E-state index contributed by atoms with van der Waals surface area (Å²) in [6, 6.07) is 3.99. The molecule has 1 amide bonds. The van der Waals surface area contributed by atoms with Crippen molar-refractivity contribution in [1.82, 2.24) is 9.97 Å². The van der Waals surface area contributed by atoms with Crippen molar-refractivity contribution >= 4 is 22.6 Å². The number of nitrogens with zero attached hydrogens (tertiary/aromatic N) is 1. The van der Waals surface area contributed by atoms with Gasteiger partial charge in [-0.2, -0.15) is 0 Å². The van der Waals surface area contributed by atoms with Crippen molar-refractivity contribution in [3.63, 3.8) is 0 Å². The lowest BCUT2D eigenvalue weighted by atomic mass is 10.0. The van der Waals surface area contributed by atoms with Crippen LogP contribution < -0.4 is 5.32 Å². The Morgan fingerprint density at radius 2 is 2.12 bits per heavy atom. The van der Waals surface area contributed by atoms with Gasteiger partial charge in [0.1, 0.15) is 5.82 Å². The number of H-pyrrole nitrogens is 1. The molecule has 0 radical (unpaired) electrons. The summed E-state index contributed by atoms with van der Waals surface area (Å²) in [5.74, 6) is 1.36. The molecule has 3 rings (SSSR count). The molecule has 4 heteroatoms. The summed E-state index contributed by atoms with van der Waals surface area (Å²) in [7, 11) is 0. The molecule has 1 atom stereocenters. The van der Waals surface area contributed by atoms with Crippen LogP contribution in [0.3, 0.4) is 0 Å². The molecule has 1 aromatic carbocycles. The van der Waals surface area contributed by atoms with Crippen LogP contribution in [0.5, 0.6) is 0 Å². The summed E-state index contributed by atoms with van der Waals surface area (Å²) in [6.07, 6.45) is 0.